The van der Waals surface area contributed by atoms with Gasteiger partial charge in [-0.1, -0.05) is 31.5 Å². The van der Waals surface area contributed by atoms with Crippen molar-refractivity contribution in [2.24, 2.45) is 0 Å². The van der Waals surface area contributed by atoms with Crippen LogP contribution in [-0.2, 0) is 4.74 Å². The van der Waals surface area contributed by atoms with Crippen LogP contribution in [0.4, 0.5) is 8.78 Å². The molecule has 170 valence electrons. The van der Waals surface area contributed by atoms with Crippen molar-refractivity contribution in [1.29, 1.82) is 0 Å². The van der Waals surface area contributed by atoms with Crippen molar-refractivity contribution in [2.45, 2.75) is 64.0 Å². The van der Waals surface area contributed by atoms with E-state index in [0.29, 0.717) is 16.5 Å². The molecule has 3 aromatic rings. The van der Waals surface area contributed by atoms with Gasteiger partial charge in [-0.15, -0.1) is 0 Å². The average molecular weight is 443 g/mol. The van der Waals surface area contributed by atoms with Gasteiger partial charge in [-0.05, 0) is 38.2 Å². The molecule has 0 atom stereocenters. The Hall–Kier alpha value is -2.94. The molecule has 9 heteroatoms. The third-order valence-electron chi connectivity index (χ3n) is 5.77. The number of hydrogen-bond donors (Lipinski definition) is 1. The second kappa shape index (κ2) is 10.1. The molecule has 0 radical (unpaired) electrons. The zero-order chi connectivity index (χ0) is 22.5. The van der Waals surface area contributed by atoms with Crippen LogP contribution in [0.1, 0.15) is 67.9 Å². The summed E-state index contributed by atoms with van der Waals surface area (Å²) in [5, 5.41) is 7.37. The summed E-state index contributed by atoms with van der Waals surface area (Å²) in [4.78, 5) is 21.0. The number of ether oxygens (including phenoxy) is 1. The maximum Gasteiger partial charge on any atom is 0.282 e. The van der Waals surface area contributed by atoms with Gasteiger partial charge in [0.2, 0.25) is 0 Å². The molecule has 0 spiro atoms. The number of alkyl halides is 2. The number of amides is 1. The molecular weight excluding hydrogens is 416 g/mol. The second-order valence-corrected chi connectivity index (χ2v) is 8.06. The molecule has 4 rings (SSSR count). The van der Waals surface area contributed by atoms with Crippen molar-refractivity contribution in [3.8, 4) is 5.95 Å². The topological polar surface area (TPSA) is 81.9 Å². The number of carbonyl (C=O) groups is 1. The van der Waals surface area contributed by atoms with Crippen LogP contribution in [-0.4, -0.2) is 44.4 Å². The third kappa shape index (κ3) is 4.93. The fourth-order valence-corrected chi connectivity index (χ4v) is 3.99. The fourth-order valence-electron chi connectivity index (χ4n) is 3.99. The summed E-state index contributed by atoms with van der Waals surface area (Å²) in [5.74, 6) is -0.111. The number of unbranched alkanes of at least 4 members (excludes halogenated alkanes) is 1. The van der Waals surface area contributed by atoms with E-state index in [1.807, 2.05) is 0 Å². The summed E-state index contributed by atoms with van der Waals surface area (Å²) >= 11 is 0. The number of benzene rings is 1. The van der Waals surface area contributed by atoms with Crippen LogP contribution >= 0.6 is 0 Å². The predicted octanol–water partition coefficient (Wildman–Crippen LogP) is 4.61. The van der Waals surface area contributed by atoms with E-state index >= 15 is 0 Å². The number of hydrogen-bond acceptors (Lipinski definition) is 5. The van der Waals surface area contributed by atoms with Gasteiger partial charge in [0.15, 0.2) is 0 Å². The van der Waals surface area contributed by atoms with Gasteiger partial charge in [0.1, 0.15) is 5.69 Å². The van der Waals surface area contributed by atoms with Gasteiger partial charge in [0, 0.05) is 30.4 Å². The second-order valence-electron chi connectivity index (χ2n) is 8.06. The lowest BCUT2D eigenvalue weighted by atomic mass is 9.93. The summed E-state index contributed by atoms with van der Waals surface area (Å²) in [5.41, 5.74) is 0.485. The molecule has 1 N–H and O–H groups in total. The van der Waals surface area contributed by atoms with Gasteiger partial charge in [0.25, 0.3) is 18.3 Å². The van der Waals surface area contributed by atoms with Crippen LogP contribution in [0, 0.1) is 0 Å². The quantitative estimate of drug-likeness (QED) is 0.514. The largest absolute Gasteiger partial charge is 0.378 e. The van der Waals surface area contributed by atoms with Gasteiger partial charge < -0.3 is 10.1 Å². The minimum absolute atomic E-state index is 0.0943. The Morgan fingerprint density at radius 2 is 1.91 bits per heavy atom. The standard InChI is InChI=1S/C23H27F2N5O2/c1-2-3-12-32-17-10-8-16(9-11-17)28-22(31)15-13-26-23(27-14-15)30-19-7-5-4-6-18(19)20(29-30)21(24)25/h4-7,13-14,16-17,21H,2-3,8-12H2,1H3,(H,28,31). The average Bonchev–Trinajstić information content (AvgIpc) is 3.21. The first-order valence-corrected chi connectivity index (χ1v) is 11.1. The van der Waals surface area contributed by atoms with Crippen LogP contribution in [0.25, 0.3) is 16.9 Å². The van der Waals surface area contributed by atoms with Gasteiger partial charge in [0.05, 0.1) is 17.2 Å². The van der Waals surface area contributed by atoms with Crippen LogP contribution in [0.5, 0.6) is 0 Å². The molecule has 1 aliphatic carbocycles. The van der Waals surface area contributed by atoms with Crippen molar-refractivity contribution >= 4 is 16.8 Å². The number of para-hydroxylation sites is 1. The minimum atomic E-state index is -2.71. The summed E-state index contributed by atoms with van der Waals surface area (Å²) in [6.45, 7) is 2.94. The Bertz CT molecular complexity index is 1050. The number of rotatable bonds is 8. The fraction of sp³-hybridized carbons (Fsp3) is 0.478. The Morgan fingerprint density at radius 3 is 2.59 bits per heavy atom. The Kier molecular flexibility index (Phi) is 7.04. The van der Waals surface area contributed by atoms with E-state index in [1.54, 1.807) is 24.3 Å². The van der Waals surface area contributed by atoms with Crippen LogP contribution in [0.2, 0.25) is 0 Å². The molecule has 1 aromatic carbocycles. The SMILES string of the molecule is CCCCOC1CCC(NC(=O)c2cnc(-n3nc(C(F)F)c4ccccc43)nc2)CC1. The van der Waals surface area contributed by atoms with E-state index in [-0.39, 0.29) is 29.7 Å². The summed E-state index contributed by atoms with van der Waals surface area (Å²) in [6.07, 6.45) is 6.17. The van der Waals surface area contributed by atoms with Crippen LogP contribution in [0.15, 0.2) is 36.7 Å². The molecule has 32 heavy (non-hydrogen) atoms. The van der Waals surface area contributed by atoms with Gasteiger partial charge in [-0.2, -0.15) is 9.78 Å². The third-order valence-corrected chi connectivity index (χ3v) is 5.77. The first kappa shape index (κ1) is 22.3. The lowest BCUT2D eigenvalue weighted by Crippen LogP contribution is -2.39. The minimum Gasteiger partial charge on any atom is -0.378 e. The number of fused-ring (bicyclic) bond motifs is 1. The number of carbonyl (C=O) groups excluding carboxylic acids is 1. The summed E-state index contributed by atoms with van der Waals surface area (Å²) in [7, 11) is 0. The first-order chi connectivity index (χ1) is 15.6. The number of nitrogens with one attached hydrogen (secondary N) is 1. The molecule has 0 bridgehead atoms. The number of nitrogens with zero attached hydrogens (tertiary/aromatic N) is 4. The lowest BCUT2D eigenvalue weighted by Gasteiger charge is -2.29. The zero-order valence-corrected chi connectivity index (χ0v) is 18.0. The molecule has 0 saturated heterocycles. The van der Waals surface area contributed by atoms with E-state index in [2.05, 4.69) is 27.3 Å². The summed E-state index contributed by atoms with van der Waals surface area (Å²) in [6, 6.07) is 6.78. The van der Waals surface area contributed by atoms with Crippen molar-refractivity contribution in [3.05, 3.63) is 47.9 Å². The molecular formula is C23H27F2N5O2. The van der Waals surface area contributed by atoms with Gasteiger partial charge in [-0.25, -0.2) is 18.7 Å². The highest BCUT2D eigenvalue weighted by molar-refractivity contribution is 5.93. The maximum absolute atomic E-state index is 13.3. The van der Waals surface area contributed by atoms with E-state index in [9.17, 15) is 13.6 Å². The van der Waals surface area contributed by atoms with Crippen molar-refractivity contribution < 1.29 is 18.3 Å². The highest BCUT2D eigenvalue weighted by Crippen LogP contribution is 2.28. The molecule has 0 unspecified atom stereocenters. The number of aromatic nitrogens is 4. The normalized spacial score (nSPS) is 18.9. The van der Waals surface area contributed by atoms with Crippen molar-refractivity contribution in [3.63, 3.8) is 0 Å². The molecule has 1 amide bonds. The molecule has 0 aliphatic heterocycles. The van der Waals surface area contributed by atoms with E-state index < -0.39 is 6.43 Å². The molecule has 2 aromatic heterocycles. The van der Waals surface area contributed by atoms with Gasteiger partial charge in [-0.3, -0.25) is 4.79 Å². The monoisotopic (exact) mass is 443 g/mol. The van der Waals surface area contributed by atoms with Crippen molar-refractivity contribution in [1.82, 2.24) is 25.1 Å². The van der Waals surface area contributed by atoms with Crippen molar-refractivity contribution in [2.75, 3.05) is 6.61 Å². The first-order valence-electron chi connectivity index (χ1n) is 11.1. The Balaban J connectivity index is 1.39. The zero-order valence-electron chi connectivity index (χ0n) is 18.0. The van der Waals surface area contributed by atoms with Crippen LogP contribution < -0.4 is 5.32 Å². The maximum atomic E-state index is 13.3. The predicted molar refractivity (Wildman–Crippen MR) is 116 cm³/mol. The molecule has 1 saturated carbocycles. The molecule has 1 aliphatic rings. The van der Waals surface area contributed by atoms with Gasteiger partial charge >= 0.3 is 0 Å². The molecule has 2 heterocycles. The van der Waals surface area contributed by atoms with E-state index in [0.717, 1.165) is 45.1 Å². The highest BCUT2D eigenvalue weighted by Gasteiger charge is 2.24. The van der Waals surface area contributed by atoms with E-state index in [1.165, 1.54) is 17.1 Å². The van der Waals surface area contributed by atoms with E-state index in [4.69, 9.17) is 4.74 Å². The highest BCUT2D eigenvalue weighted by atomic mass is 19.3. The summed E-state index contributed by atoms with van der Waals surface area (Å²) < 4.78 is 33.8. The molecule has 1 fully saturated rings. The Morgan fingerprint density at radius 1 is 1.19 bits per heavy atom. The van der Waals surface area contributed by atoms with Crippen LogP contribution in [0.3, 0.4) is 0 Å². The molecule has 7 nitrogen and oxygen atoms in total. The number of halogens is 2. The smallest absolute Gasteiger partial charge is 0.282 e. The Labute approximate surface area is 185 Å². The lowest BCUT2D eigenvalue weighted by molar-refractivity contribution is 0.0209.